The Hall–Kier alpha value is -1.00. The maximum atomic E-state index is 4.94. The summed E-state index contributed by atoms with van der Waals surface area (Å²) in [6.45, 7) is 3.11. The lowest BCUT2D eigenvalue weighted by Gasteiger charge is -2.09. The van der Waals surface area contributed by atoms with Crippen LogP contribution >= 0.6 is 0 Å². The number of hydrogen-bond acceptors (Lipinski definition) is 4. The monoisotopic (exact) mass is 171 g/mol. The summed E-state index contributed by atoms with van der Waals surface area (Å²) in [5.41, 5.74) is 2.52. The number of nitrogens with one attached hydrogen (secondary N) is 1. The highest BCUT2D eigenvalue weighted by Crippen LogP contribution is 1.85. The molecule has 2 aliphatic rings. The Morgan fingerprint density at radius 1 is 0.917 bits per heavy atom. The van der Waals surface area contributed by atoms with Crippen LogP contribution in [0.1, 0.15) is 0 Å². The average Bonchev–Trinajstić information content (AvgIpc) is 2.24. The summed E-state index contributed by atoms with van der Waals surface area (Å²) < 4.78 is 9.89. The van der Waals surface area contributed by atoms with E-state index in [1.807, 2.05) is 6.08 Å². The number of hydroxylamine groups is 1. The highest BCUT2D eigenvalue weighted by Gasteiger charge is 1.94. The van der Waals surface area contributed by atoms with E-state index in [4.69, 9.17) is 9.47 Å². The Bertz CT molecular complexity index is 129. The molecule has 0 aromatic carbocycles. The van der Waals surface area contributed by atoms with Gasteiger partial charge in [-0.25, -0.2) is 5.48 Å². The summed E-state index contributed by atoms with van der Waals surface area (Å²) >= 11 is 0. The van der Waals surface area contributed by atoms with Crippen LogP contribution < -0.4 is 5.48 Å². The SMILES string of the molecule is C1=CNOC=C1.C1COCCO1. The minimum atomic E-state index is 0.778. The normalized spacial score (nSPS) is 20.0. The summed E-state index contributed by atoms with van der Waals surface area (Å²) in [6, 6.07) is 0. The van der Waals surface area contributed by atoms with Gasteiger partial charge in [0.05, 0.1) is 26.4 Å². The first-order chi connectivity index (χ1) is 6.00. The molecule has 1 N–H and O–H groups in total. The Labute approximate surface area is 71.8 Å². The zero-order chi connectivity index (χ0) is 8.49. The van der Waals surface area contributed by atoms with Crippen LogP contribution in [0.2, 0.25) is 0 Å². The maximum Gasteiger partial charge on any atom is 0.119 e. The maximum absolute atomic E-state index is 4.94. The number of rotatable bonds is 0. The standard InChI is InChI=1S/C4H5NO.C4H8O2/c1-2-4-6-5-3-1;1-2-6-4-3-5-1/h1-5H;1-4H2. The van der Waals surface area contributed by atoms with Gasteiger partial charge in [0.2, 0.25) is 0 Å². The van der Waals surface area contributed by atoms with E-state index in [9.17, 15) is 0 Å². The van der Waals surface area contributed by atoms with Crippen LogP contribution in [0.4, 0.5) is 0 Å². The van der Waals surface area contributed by atoms with Gasteiger partial charge in [0.15, 0.2) is 0 Å². The molecule has 0 aromatic heterocycles. The van der Waals surface area contributed by atoms with Crippen LogP contribution in [0.5, 0.6) is 0 Å². The third-order valence-electron chi connectivity index (χ3n) is 1.23. The quantitative estimate of drug-likeness (QED) is 0.578. The molecule has 12 heavy (non-hydrogen) atoms. The molecule has 2 heterocycles. The van der Waals surface area contributed by atoms with Crippen LogP contribution in [0, 0.1) is 0 Å². The fraction of sp³-hybridized carbons (Fsp3) is 0.500. The second-order valence-electron chi connectivity index (χ2n) is 2.15. The topological polar surface area (TPSA) is 39.7 Å². The van der Waals surface area contributed by atoms with Crippen molar-refractivity contribution >= 4 is 0 Å². The molecule has 0 atom stereocenters. The van der Waals surface area contributed by atoms with Crippen LogP contribution in [-0.4, -0.2) is 26.4 Å². The molecule has 0 aliphatic carbocycles. The summed E-state index contributed by atoms with van der Waals surface area (Å²) in [5, 5.41) is 0. The first-order valence-corrected chi connectivity index (χ1v) is 3.88. The first kappa shape index (κ1) is 9.09. The van der Waals surface area contributed by atoms with E-state index in [1.54, 1.807) is 18.5 Å². The zero-order valence-corrected chi connectivity index (χ0v) is 6.86. The number of ether oxygens (including phenoxy) is 2. The van der Waals surface area contributed by atoms with Gasteiger partial charge in [0.25, 0.3) is 0 Å². The Balaban J connectivity index is 0.000000120. The minimum Gasteiger partial charge on any atom is -0.391 e. The van der Waals surface area contributed by atoms with Gasteiger partial charge in [-0.3, -0.25) is 0 Å². The van der Waals surface area contributed by atoms with E-state index in [2.05, 4.69) is 10.3 Å². The molecule has 2 aliphatic heterocycles. The Kier molecular flexibility index (Phi) is 5.07. The molecule has 0 bridgehead atoms. The van der Waals surface area contributed by atoms with Crippen molar-refractivity contribution in [3.8, 4) is 0 Å². The van der Waals surface area contributed by atoms with Gasteiger partial charge >= 0.3 is 0 Å². The molecule has 68 valence electrons. The molecule has 4 nitrogen and oxygen atoms in total. The van der Waals surface area contributed by atoms with Gasteiger partial charge in [-0.05, 0) is 12.2 Å². The summed E-state index contributed by atoms with van der Waals surface area (Å²) in [4.78, 5) is 4.55. The lowest BCUT2D eigenvalue weighted by molar-refractivity contribution is -0.0334. The molecule has 0 aromatic rings. The minimum absolute atomic E-state index is 0.778. The van der Waals surface area contributed by atoms with Crippen LogP contribution in [0.3, 0.4) is 0 Å². The van der Waals surface area contributed by atoms with Crippen LogP contribution in [-0.2, 0) is 14.3 Å². The van der Waals surface area contributed by atoms with Gasteiger partial charge in [-0.2, -0.15) is 0 Å². The third-order valence-corrected chi connectivity index (χ3v) is 1.23. The van der Waals surface area contributed by atoms with Gasteiger partial charge in [-0.1, -0.05) is 0 Å². The fourth-order valence-corrected chi connectivity index (χ4v) is 0.698. The van der Waals surface area contributed by atoms with Crippen molar-refractivity contribution < 1.29 is 14.3 Å². The molecule has 0 amide bonds. The zero-order valence-electron chi connectivity index (χ0n) is 6.86. The summed E-state index contributed by atoms with van der Waals surface area (Å²) in [6.07, 6.45) is 6.93. The molecular formula is C8H13NO3. The molecule has 4 heteroatoms. The predicted octanol–water partition coefficient (Wildman–Crippen LogP) is 0.582. The number of allylic oxidation sites excluding steroid dienone is 2. The Morgan fingerprint density at radius 2 is 1.58 bits per heavy atom. The fourth-order valence-electron chi connectivity index (χ4n) is 0.698. The molecule has 0 spiro atoms. The van der Waals surface area contributed by atoms with E-state index < -0.39 is 0 Å². The lowest BCUT2D eigenvalue weighted by atomic mass is 10.6. The van der Waals surface area contributed by atoms with Crippen molar-refractivity contribution in [3.05, 3.63) is 24.6 Å². The van der Waals surface area contributed by atoms with Crippen molar-refractivity contribution in [2.45, 2.75) is 0 Å². The van der Waals surface area contributed by atoms with E-state index >= 15 is 0 Å². The molecule has 0 radical (unpaired) electrons. The second kappa shape index (κ2) is 6.69. The lowest BCUT2D eigenvalue weighted by Crippen LogP contribution is -2.16. The van der Waals surface area contributed by atoms with Gasteiger partial charge in [0, 0.05) is 6.20 Å². The van der Waals surface area contributed by atoms with Gasteiger partial charge in [0.1, 0.15) is 6.26 Å². The predicted molar refractivity (Wildman–Crippen MR) is 44.1 cm³/mol. The second-order valence-corrected chi connectivity index (χ2v) is 2.15. The molecule has 1 saturated heterocycles. The molecule has 2 rings (SSSR count). The summed E-state index contributed by atoms with van der Waals surface area (Å²) in [5.74, 6) is 0. The third kappa shape index (κ3) is 4.76. The van der Waals surface area contributed by atoms with E-state index in [0.717, 1.165) is 26.4 Å². The van der Waals surface area contributed by atoms with Crippen LogP contribution in [0.15, 0.2) is 24.6 Å². The highest BCUT2D eigenvalue weighted by molar-refractivity contribution is 5.00. The van der Waals surface area contributed by atoms with E-state index in [0.29, 0.717) is 0 Å². The first-order valence-electron chi connectivity index (χ1n) is 3.88. The van der Waals surface area contributed by atoms with Crippen LogP contribution in [0.25, 0.3) is 0 Å². The highest BCUT2D eigenvalue weighted by atomic mass is 16.6. The van der Waals surface area contributed by atoms with E-state index in [1.165, 1.54) is 0 Å². The average molecular weight is 171 g/mol. The Morgan fingerprint density at radius 3 is 1.75 bits per heavy atom. The largest absolute Gasteiger partial charge is 0.391 e. The smallest absolute Gasteiger partial charge is 0.119 e. The molecular weight excluding hydrogens is 158 g/mol. The van der Waals surface area contributed by atoms with Crippen molar-refractivity contribution in [1.29, 1.82) is 0 Å². The van der Waals surface area contributed by atoms with E-state index in [-0.39, 0.29) is 0 Å². The summed E-state index contributed by atoms with van der Waals surface area (Å²) in [7, 11) is 0. The van der Waals surface area contributed by atoms with Gasteiger partial charge in [-0.15, -0.1) is 0 Å². The van der Waals surface area contributed by atoms with Crippen molar-refractivity contribution in [3.63, 3.8) is 0 Å². The van der Waals surface area contributed by atoms with Crippen molar-refractivity contribution in [2.24, 2.45) is 0 Å². The number of hydrogen-bond donors (Lipinski definition) is 1. The van der Waals surface area contributed by atoms with Crippen molar-refractivity contribution in [2.75, 3.05) is 26.4 Å². The molecule has 0 saturated carbocycles. The van der Waals surface area contributed by atoms with Crippen molar-refractivity contribution in [1.82, 2.24) is 5.48 Å². The van der Waals surface area contributed by atoms with Gasteiger partial charge < -0.3 is 14.3 Å². The molecule has 0 unspecified atom stereocenters. The molecule has 1 fully saturated rings.